The maximum atomic E-state index is 11.9. The van der Waals surface area contributed by atoms with Crippen LogP contribution in [0.1, 0.15) is 25.7 Å². The first-order valence-electron chi connectivity index (χ1n) is 6.54. The summed E-state index contributed by atoms with van der Waals surface area (Å²) in [7, 11) is 0. The van der Waals surface area contributed by atoms with E-state index in [1.165, 1.54) is 0 Å². The lowest BCUT2D eigenvalue weighted by molar-refractivity contribution is -0.128. The molecule has 0 bridgehead atoms. The standard InChI is InChI=1S/C12H19N3O2/c16-11-5-9(7-15(11)10-1-2-10)14-12(17)8-3-4-13-6-8/h8-10,13H,1-7H2,(H,14,17). The molecule has 0 aromatic heterocycles. The second-order valence-electron chi connectivity index (χ2n) is 5.38. The Morgan fingerprint density at radius 2 is 2.18 bits per heavy atom. The van der Waals surface area contributed by atoms with Gasteiger partial charge in [-0.3, -0.25) is 9.59 Å². The van der Waals surface area contributed by atoms with Crippen molar-refractivity contribution < 1.29 is 9.59 Å². The second-order valence-corrected chi connectivity index (χ2v) is 5.38. The van der Waals surface area contributed by atoms with Gasteiger partial charge < -0.3 is 15.5 Å². The molecule has 94 valence electrons. The number of likely N-dealkylation sites (tertiary alicyclic amines) is 1. The van der Waals surface area contributed by atoms with E-state index >= 15 is 0 Å². The van der Waals surface area contributed by atoms with Crippen LogP contribution in [0.25, 0.3) is 0 Å². The lowest BCUT2D eigenvalue weighted by Gasteiger charge is -2.17. The number of nitrogens with one attached hydrogen (secondary N) is 2. The van der Waals surface area contributed by atoms with E-state index in [0.717, 1.165) is 38.9 Å². The molecule has 0 aromatic carbocycles. The highest BCUT2D eigenvalue weighted by Gasteiger charge is 2.40. The quantitative estimate of drug-likeness (QED) is 0.694. The largest absolute Gasteiger partial charge is 0.351 e. The number of nitrogens with zero attached hydrogens (tertiary/aromatic N) is 1. The number of carbonyl (C=O) groups is 2. The monoisotopic (exact) mass is 237 g/mol. The van der Waals surface area contributed by atoms with Crippen LogP contribution in [-0.4, -0.2) is 48.4 Å². The van der Waals surface area contributed by atoms with Crippen LogP contribution in [0.5, 0.6) is 0 Å². The number of amides is 2. The summed E-state index contributed by atoms with van der Waals surface area (Å²) in [5, 5.41) is 6.21. The van der Waals surface area contributed by atoms with Gasteiger partial charge in [0, 0.05) is 25.6 Å². The van der Waals surface area contributed by atoms with Crippen molar-refractivity contribution in [2.45, 2.75) is 37.8 Å². The van der Waals surface area contributed by atoms with Crippen LogP contribution in [0.2, 0.25) is 0 Å². The normalized spacial score (nSPS) is 33.2. The predicted molar refractivity (Wildman–Crippen MR) is 62.3 cm³/mol. The van der Waals surface area contributed by atoms with Gasteiger partial charge in [0.2, 0.25) is 11.8 Å². The topological polar surface area (TPSA) is 61.4 Å². The summed E-state index contributed by atoms with van der Waals surface area (Å²) < 4.78 is 0. The predicted octanol–water partition coefficient (Wildman–Crippen LogP) is -0.525. The Morgan fingerprint density at radius 1 is 1.35 bits per heavy atom. The van der Waals surface area contributed by atoms with Crippen LogP contribution in [0, 0.1) is 5.92 Å². The molecule has 5 nitrogen and oxygen atoms in total. The molecule has 3 fully saturated rings. The number of rotatable bonds is 3. The molecule has 0 aromatic rings. The fourth-order valence-corrected chi connectivity index (χ4v) is 2.76. The van der Waals surface area contributed by atoms with Crippen LogP contribution in [-0.2, 0) is 9.59 Å². The zero-order valence-corrected chi connectivity index (χ0v) is 9.95. The van der Waals surface area contributed by atoms with Gasteiger partial charge in [0.05, 0.1) is 12.0 Å². The van der Waals surface area contributed by atoms with Crippen molar-refractivity contribution in [1.82, 2.24) is 15.5 Å². The molecule has 2 heterocycles. The molecule has 2 saturated heterocycles. The summed E-state index contributed by atoms with van der Waals surface area (Å²) in [6.07, 6.45) is 3.68. The molecular formula is C12H19N3O2. The first-order valence-corrected chi connectivity index (χ1v) is 6.54. The van der Waals surface area contributed by atoms with Crippen molar-refractivity contribution in [3.05, 3.63) is 0 Å². The molecule has 3 rings (SSSR count). The summed E-state index contributed by atoms with van der Waals surface area (Å²) in [5.74, 6) is 0.424. The zero-order valence-electron chi connectivity index (χ0n) is 9.95. The maximum absolute atomic E-state index is 11.9. The smallest absolute Gasteiger partial charge is 0.225 e. The van der Waals surface area contributed by atoms with E-state index in [1.807, 2.05) is 4.90 Å². The minimum Gasteiger partial charge on any atom is -0.351 e. The maximum Gasteiger partial charge on any atom is 0.225 e. The third kappa shape index (κ3) is 2.29. The molecule has 2 atom stereocenters. The Labute approximate surface area is 101 Å². The summed E-state index contributed by atoms with van der Waals surface area (Å²) in [6, 6.07) is 0.508. The Bertz CT molecular complexity index is 335. The minimum atomic E-state index is 0.0381. The van der Waals surface area contributed by atoms with Crippen molar-refractivity contribution in [1.29, 1.82) is 0 Å². The van der Waals surface area contributed by atoms with Crippen LogP contribution < -0.4 is 10.6 Å². The molecular weight excluding hydrogens is 218 g/mol. The van der Waals surface area contributed by atoms with Crippen molar-refractivity contribution in [2.75, 3.05) is 19.6 Å². The molecule has 1 aliphatic carbocycles. The molecule has 2 unspecified atom stereocenters. The highest BCUT2D eigenvalue weighted by Crippen LogP contribution is 2.30. The Hall–Kier alpha value is -1.10. The number of carbonyl (C=O) groups excluding carboxylic acids is 2. The molecule has 2 amide bonds. The number of hydrogen-bond donors (Lipinski definition) is 2. The van der Waals surface area contributed by atoms with E-state index in [9.17, 15) is 9.59 Å². The van der Waals surface area contributed by atoms with Crippen molar-refractivity contribution >= 4 is 11.8 Å². The van der Waals surface area contributed by atoms with Gasteiger partial charge in [-0.05, 0) is 25.8 Å². The van der Waals surface area contributed by atoms with Crippen LogP contribution in [0.3, 0.4) is 0 Å². The molecule has 0 spiro atoms. The molecule has 3 aliphatic rings. The number of hydrogen-bond acceptors (Lipinski definition) is 3. The Kier molecular flexibility index (Phi) is 2.78. The lowest BCUT2D eigenvalue weighted by Crippen LogP contribution is -2.41. The van der Waals surface area contributed by atoms with Crippen LogP contribution >= 0.6 is 0 Å². The Morgan fingerprint density at radius 3 is 2.82 bits per heavy atom. The molecule has 2 aliphatic heterocycles. The molecule has 17 heavy (non-hydrogen) atoms. The fourth-order valence-electron chi connectivity index (χ4n) is 2.76. The summed E-state index contributed by atoms with van der Waals surface area (Å²) in [6.45, 7) is 2.42. The van der Waals surface area contributed by atoms with Gasteiger partial charge in [-0.25, -0.2) is 0 Å². The molecule has 1 saturated carbocycles. The summed E-state index contributed by atoms with van der Waals surface area (Å²) in [5.41, 5.74) is 0. The van der Waals surface area contributed by atoms with E-state index < -0.39 is 0 Å². The minimum absolute atomic E-state index is 0.0381. The van der Waals surface area contributed by atoms with Gasteiger partial charge in [0.1, 0.15) is 0 Å². The average Bonchev–Trinajstić information content (AvgIpc) is 2.86. The highest BCUT2D eigenvalue weighted by atomic mass is 16.2. The molecule has 0 radical (unpaired) electrons. The van der Waals surface area contributed by atoms with Gasteiger partial charge in [0.25, 0.3) is 0 Å². The second kappa shape index (κ2) is 4.29. The van der Waals surface area contributed by atoms with E-state index in [-0.39, 0.29) is 23.8 Å². The van der Waals surface area contributed by atoms with Gasteiger partial charge >= 0.3 is 0 Å². The lowest BCUT2D eigenvalue weighted by atomic mass is 10.1. The van der Waals surface area contributed by atoms with E-state index in [0.29, 0.717) is 12.5 Å². The van der Waals surface area contributed by atoms with E-state index in [1.54, 1.807) is 0 Å². The van der Waals surface area contributed by atoms with Gasteiger partial charge in [-0.15, -0.1) is 0 Å². The summed E-state index contributed by atoms with van der Waals surface area (Å²) in [4.78, 5) is 25.6. The van der Waals surface area contributed by atoms with Crippen molar-refractivity contribution in [3.63, 3.8) is 0 Å². The van der Waals surface area contributed by atoms with E-state index in [2.05, 4.69) is 10.6 Å². The van der Waals surface area contributed by atoms with Crippen LogP contribution in [0.4, 0.5) is 0 Å². The first-order chi connectivity index (χ1) is 8.24. The summed E-state index contributed by atoms with van der Waals surface area (Å²) >= 11 is 0. The SMILES string of the molecule is O=C(NC1CC(=O)N(C2CC2)C1)C1CCNC1. The van der Waals surface area contributed by atoms with Gasteiger partial charge in [-0.1, -0.05) is 0 Å². The van der Waals surface area contributed by atoms with E-state index in [4.69, 9.17) is 0 Å². The molecule has 2 N–H and O–H groups in total. The third-order valence-electron chi connectivity index (χ3n) is 3.92. The fraction of sp³-hybridized carbons (Fsp3) is 0.833. The first kappa shape index (κ1) is 11.0. The Balaban J connectivity index is 1.52. The van der Waals surface area contributed by atoms with Crippen molar-refractivity contribution in [3.8, 4) is 0 Å². The highest BCUT2D eigenvalue weighted by molar-refractivity contribution is 5.83. The zero-order chi connectivity index (χ0) is 11.8. The van der Waals surface area contributed by atoms with Crippen molar-refractivity contribution in [2.24, 2.45) is 5.92 Å². The van der Waals surface area contributed by atoms with Gasteiger partial charge in [0.15, 0.2) is 0 Å². The molecule has 5 heteroatoms. The third-order valence-corrected chi connectivity index (χ3v) is 3.92. The average molecular weight is 237 g/mol. The van der Waals surface area contributed by atoms with Gasteiger partial charge in [-0.2, -0.15) is 0 Å². The van der Waals surface area contributed by atoms with Crippen LogP contribution in [0.15, 0.2) is 0 Å².